The van der Waals surface area contributed by atoms with Crippen molar-refractivity contribution in [1.82, 2.24) is 9.80 Å². The van der Waals surface area contributed by atoms with Gasteiger partial charge in [0, 0.05) is 37.7 Å². The summed E-state index contributed by atoms with van der Waals surface area (Å²) in [4.78, 5) is 28.6. The van der Waals surface area contributed by atoms with Crippen molar-refractivity contribution < 1.29 is 9.59 Å². The van der Waals surface area contributed by atoms with Crippen LogP contribution in [0, 0.1) is 17.2 Å². The summed E-state index contributed by atoms with van der Waals surface area (Å²) in [5.74, 6) is 0.403. The van der Waals surface area contributed by atoms with Gasteiger partial charge in [0.05, 0.1) is 11.6 Å². The molecule has 1 aromatic carbocycles. The third-order valence-corrected chi connectivity index (χ3v) is 4.82. The van der Waals surface area contributed by atoms with Gasteiger partial charge in [0.2, 0.25) is 5.91 Å². The summed E-state index contributed by atoms with van der Waals surface area (Å²) < 4.78 is 0. The molecule has 3 rings (SSSR count). The lowest BCUT2D eigenvalue weighted by atomic mass is 10.1. The van der Waals surface area contributed by atoms with Gasteiger partial charge >= 0.3 is 0 Å². The molecule has 2 fully saturated rings. The van der Waals surface area contributed by atoms with Crippen molar-refractivity contribution in [3.8, 4) is 6.07 Å². The molecular formula is C18H21N3O2. The second-order valence-corrected chi connectivity index (χ2v) is 6.29. The number of nitriles is 1. The van der Waals surface area contributed by atoms with E-state index in [0.29, 0.717) is 37.3 Å². The topological polar surface area (TPSA) is 64.4 Å². The second-order valence-electron chi connectivity index (χ2n) is 6.29. The molecular weight excluding hydrogens is 290 g/mol. The molecule has 0 radical (unpaired) electrons. The quantitative estimate of drug-likeness (QED) is 0.839. The van der Waals surface area contributed by atoms with Crippen LogP contribution in [-0.2, 0) is 4.79 Å². The molecule has 0 aromatic heterocycles. The molecule has 5 heteroatoms. The lowest BCUT2D eigenvalue weighted by molar-refractivity contribution is -0.136. The molecule has 0 spiro atoms. The Labute approximate surface area is 136 Å². The molecule has 5 nitrogen and oxygen atoms in total. The van der Waals surface area contributed by atoms with Gasteiger partial charge in [-0.25, -0.2) is 0 Å². The SMILES string of the molecule is N#Cc1cccc(C(=O)N2CCN(C(=O)C3CCCC3)CC2)c1. The lowest BCUT2D eigenvalue weighted by Crippen LogP contribution is -2.51. The van der Waals surface area contributed by atoms with E-state index in [-0.39, 0.29) is 17.7 Å². The minimum atomic E-state index is -0.0601. The predicted octanol–water partition coefficient (Wildman–Crippen LogP) is 2.03. The summed E-state index contributed by atoms with van der Waals surface area (Å²) in [6, 6.07) is 8.83. The highest BCUT2D eigenvalue weighted by Gasteiger charge is 2.30. The zero-order valence-electron chi connectivity index (χ0n) is 13.2. The van der Waals surface area contributed by atoms with Crippen LogP contribution >= 0.6 is 0 Å². The number of hydrogen-bond donors (Lipinski definition) is 0. The standard InChI is InChI=1S/C18H21N3O2/c19-13-14-4-3-7-16(12-14)18(23)21-10-8-20(9-11-21)17(22)15-5-1-2-6-15/h3-4,7,12,15H,1-2,5-6,8-11H2. The molecule has 1 aliphatic carbocycles. The van der Waals surface area contributed by atoms with Crippen LogP contribution < -0.4 is 0 Å². The minimum Gasteiger partial charge on any atom is -0.339 e. The van der Waals surface area contributed by atoms with Crippen LogP contribution in [0.5, 0.6) is 0 Å². The van der Waals surface area contributed by atoms with E-state index in [1.165, 1.54) is 0 Å². The van der Waals surface area contributed by atoms with Gasteiger partial charge in [-0.15, -0.1) is 0 Å². The van der Waals surface area contributed by atoms with Gasteiger partial charge in [-0.3, -0.25) is 9.59 Å². The zero-order valence-corrected chi connectivity index (χ0v) is 13.2. The summed E-state index contributed by atoms with van der Waals surface area (Å²) in [5, 5.41) is 8.93. The average Bonchev–Trinajstić information content (AvgIpc) is 3.15. The largest absolute Gasteiger partial charge is 0.339 e. The first-order chi connectivity index (χ1) is 11.2. The van der Waals surface area contributed by atoms with Crippen LogP contribution in [0.25, 0.3) is 0 Å². The van der Waals surface area contributed by atoms with Gasteiger partial charge in [-0.05, 0) is 31.0 Å². The summed E-state index contributed by atoms with van der Waals surface area (Å²) in [6.45, 7) is 2.35. The first kappa shape index (κ1) is 15.5. The Morgan fingerprint density at radius 1 is 1.04 bits per heavy atom. The van der Waals surface area contributed by atoms with Gasteiger partial charge in [0.1, 0.15) is 0 Å². The fourth-order valence-electron chi connectivity index (χ4n) is 3.47. The fourth-order valence-corrected chi connectivity index (χ4v) is 3.47. The Balaban J connectivity index is 1.59. The first-order valence-corrected chi connectivity index (χ1v) is 8.27. The Morgan fingerprint density at radius 3 is 2.35 bits per heavy atom. The van der Waals surface area contributed by atoms with Crippen molar-refractivity contribution in [1.29, 1.82) is 5.26 Å². The molecule has 0 atom stereocenters. The van der Waals surface area contributed by atoms with Gasteiger partial charge in [0.25, 0.3) is 5.91 Å². The normalized spacial score (nSPS) is 18.7. The van der Waals surface area contributed by atoms with Crippen molar-refractivity contribution in [2.75, 3.05) is 26.2 Å². The Kier molecular flexibility index (Phi) is 4.61. The Hall–Kier alpha value is -2.35. The molecule has 120 valence electrons. The van der Waals surface area contributed by atoms with Gasteiger partial charge in [-0.1, -0.05) is 18.9 Å². The van der Waals surface area contributed by atoms with E-state index >= 15 is 0 Å². The maximum Gasteiger partial charge on any atom is 0.254 e. The zero-order chi connectivity index (χ0) is 16.2. The van der Waals surface area contributed by atoms with Crippen LogP contribution in [-0.4, -0.2) is 47.8 Å². The number of benzene rings is 1. The van der Waals surface area contributed by atoms with Gasteiger partial charge in [-0.2, -0.15) is 5.26 Å². The molecule has 2 amide bonds. The molecule has 0 N–H and O–H groups in total. The van der Waals surface area contributed by atoms with E-state index in [2.05, 4.69) is 6.07 Å². The van der Waals surface area contributed by atoms with Crippen LogP contribution in [0.15, 0.2) is 24.3 Å². The molecule has 1 aromatic rings. The lowest BCUT2D eigenvalue weighted by Gasteiger charge is -2.36. The summed E-state index contributed by atoms with van der Waals surface area (Å²) in [7, 11) is 0. The van der Waals surface area contributed by atoms with Gasteiger partial charge < -0.3 is 9.80 Å². The number of carbonyl (C=O) groups is 2. The Morgan fingerprint density at radius 2 is 1.70 bits per heavy atom. The van der Waals surface area contributed by atoms with Crippen molar-refractivity contribution in [2.24, 2.45) is 5.92 Å². The Bertz CT molecular complexity index is 636. The van der Waals surface area contributed by atoms with Crippen LogP contribution in [0.1, 0.15) is 41.6 Å². The summed E-state index contributed by atoms with van der Waals surface area (Å²) in [6.07, 6.45) is 4.34. The first-order valence-electron chi connectivity index (χ1n) is 8.27. The van der Waals surface area contributed by atoms with Crippen molar-refractivity contribution >= 4 is 11.8 Å². The minimum absolute atomic E-state index is 0.0601. The van der Waals surface area contributed by atoms with Crippen LogP contribution in [0.4, 0.5) is 0 Å². The number of piperazine rings is 1. The fraction of sp³-hybridized carbons (Fsp3) is 0.500. The van der Waals surface area contributed by atoms with Crippen molar-refractivity contribution in [3.05, 3.63) is 35.4 Å². The predicted molar refractivity (Wildman–Crippen MR) is 85.6 cm³/mol. The van der Waals surface area contributed by atoms with E-state index < -0.39 is 0 Å². The molecule has 1 aliphatic heterocycles. The van der Waals surface area contributed by atoms with E-state index in [9.17, 15) is 9.59 Å². The second kappa shape index (κ2) is 6.82. The molecule has 1 heterocycles. The highest BCUT2D eigenvalue weighted by molar-refractivity contribution is 5.94. The number of carbonyl (C=O) groups excluding carboxylic acids is 2. The number of hydrogen-bond acceptors (Lipinski definition) is 3. The van der Waals surface area contributed by atoms with Crippen molar-refractivity contribution in [2.45, 2.75) is 25.7 Å². The van der Waals surface area contributed by atoms with E-state index in [1.807, 2.05) is 4.90 Å². The van der Waals surface area contributed by atoms with Crippen LogP contribution in [0.3, 0.4) is 0 Å². The maximum atomic E-state index is 12.5. The molecule has 1 saturated heterocycles. The third-order valence-electron chi connectivity index (χ3n) is 4.82. The third kappa shape index (κ3) is 3.37. The molecule has 0 bridgehead atoms. The monoisotopic (exact) mass is 311 g/mol. The van der Waals surface area contributed by atoms with E-state index in [4.69, 9.17) is 5.26 Å². The molecule has 1 saturated carbocycles. The van der Waals surface area contributed by atoms with Crippen LogP contribution in [0.2, 0.25) is 0 Å². The molecule has 23 heavy (non-hydrogen) atoms. The smallest absolute Gasteiger partial charge is 0.254 e. The summed E-state index contributed by atoms with van der Waals surface area (Å²) >= 11 is 0. The number of amides is 2. The molecule has 0 unspecified atom stereocenters. The van der Waals surface area contributed by atoms with Crippen molar-refractivity contribution in [3.63, 3.8) is 0 Å². The average molecular weight is 311 g/mol. The van der Waals surface area contributed by atoms with E-state index in [0.717, 1.165) is 25.7 Å². The highest BCUT2D eigenvalue weighted by Crippen LogP contribution is 2.27. The number of nitrogens with zero attached hydrogens (tertiary/aromatic N) is 3. The number of rotatable bonds is 2. The maximum absolute atomic E-state index is 12.5. The van der Waals surface area contributed by atoms with E-state index in [1.54, 1.807) is 29.2 Å². The molecule has 2 aliphatic rings. The highest BCUT2D eigenvalue weighted by atomic mass is 16.2. The summed E-state index contributed by atoms with van der Waals surface area (Å²) in [5.41, 5.74) is 1.03. The van der Waals surface area contributed by atoms with Gasteiger partial charge in [0.15, 0.2) is 0 Å².